The molecule has 0 bridgehead atoms. The van der Waals surface area contributed by atoms with Crippen molar-refractivity contribution in [2.45, 2.75) is 11.8 Å². The van der Waals surface area contributed by atoms with Gasteiger partial charge in [-0.3, -0.25) is 0 Å². The molecule has 0 fully saturated rings. The quantitative estimate of drug-likeness (QED) is 0.364. The van der Waals surface area contributed by atoms with E-state index in [0.717, 1.165) is 33.0 Å². The van der Waals surface area contributed by atoms with Crippen molar-refractivity contribution in [2.24, 2.45) is 11.5 Å². The fourth-order valence-electron chi connectivity index (χ4n) is 5.52. The van der Waals surface area contributed by atoms with Crippen molar-refractivity contribution < 1.29 is 18.9 Å². The smallest absolute Gasteiger partial charge is 0.205 e. The minimum Gasteiger partial charge on any atom is -0.497 e. The van der Waals surface area contributed by atoms with Gasteiger partial charge in [0, 0.05) is 21.9 Å². The van der Waals surface area contributed by atoms with E-state index in [2.05, 4.69) is 12.1 Å². The van der Waals surface area contributed by atoms with Crippen LogP contribution in [-0.2, 0) is 0 Å². The van der Waals surface area contributed by atoms with E-state index in [1.165, 1.54) is 0 Å². The van der Waals surface area contributed by atoms with E-state index in [1.54, 1.807) is 14.2 Å². The van der Waals surface area contributed by atoms with E-state index in [4.69, 9.17) is 30.4 Å². The molecule has 8 heteroatoms. The third-order valence-corrected chi connectivity index (χ3v) is 7.46. The Morgan fingerprint density at radius 2 is 0.975 bits per heavy atom. The monoisotopic (exact) mass is 528 g/mol. The second-order valence-corrected chi connectivity index (χ2v) is 9.46. The molecule has 0 radical (unpaired) electrons. The molecule has 0 spiro atoms. The molecule has 2 unspecified atom stereocenters. The van der Waals surface area contributed by atoms with Gasteiger partial charge < -0.3 is 30.4 Å². The minimum atomic E-state index is -0.428. The van der Waals surface area contributed by atoms with Gasteiger partial charge in [-0.05, 0) is 35.4 Å². The molecule has 2 atom stereocenters. The SMILES string of the molecule is COc1ccc(C2C(C#N)=C(N)Oc3c2ccc2c4c(ccc32)C(c2ccc(OC)cc2)C(C#N)=C(N)O4)cc1. The average molecular weight is 529 g/mol. The van der Waals surface area contributed by atoms with Gasteiger partial charge in [-0.15, -0.1) is 0 Å². The molecule has 4 aromatic carbocycles. The fraction of sp³-hybridized carbons (Fsp3) is 0.125. The topological polar surface area (TPSA) is 137 Å². The summed E-state index contributed by atoms with van der Waals surface area (Å²) in [4.78, 5) is 0. The van der Waals surface area contributed by atoms with Crippen LogP contribution in [0.15, 0.2) is 95.7 Å². The van der Waals surface area contributed by atoms with Crippen molar-refractivity contribution in [3.8, 4) is 35.1 Å². The molecule has 0 saturated carbocycles. The van der Waals surface area contributed by atoms with Crippen LogP contribution in [-0.4, -0.2) is 14.2 Å². The van der Waals surface area contributed by atoms with Gasteiger partial charge >= 0.3 is 0 Å². The third kappa shape index (κ3) is 3.74. The van der Waals surface area contributed by atoms with E-state index < -0.39 is 11.8 Å². The number of allylic oxidation sites excluding steroid dienone is 2. The lowest BCUT2D eigenvalue weighted by Crippen LogP contribution is -2.22. The summed E-state index contributed by atoms with van der Waals surface area (Å²) in [5.74, 6) is 1.73. The van der Waals surface area contributed by atoms with Gasteiger partial charge in [0.25, 0.3) is 0 Å². The zero-order valence-corrected chi connectivity index (χ0v) is 21.8. The summed E-state index contributed by atoms with van der Waals surface area (Å²) >= 11 is 0. The molecule has 4 N–H and O–H groups in total. The maximum absolute atomic E-state index is 9.97. The maximum Gasteiger partial charge on any atom is 0.205 e. The summed E-state index contributed by atoms with van der Waals surface area (Å²) in [6.45, 7) is 0. The largest absolute Gasteiger partial charge is 0.497 e. The molecule has 0 aliphatic carbocycles. The Labute approximate surface area is 230 Å². The van der Waals surface area contributed by atoms with Crippen LogP contribution in [0.5, 0.6) is 23.0 Å². The van der Waals surface area contributed by atoms with Crippen molar-refractivity contribution in [1.82, 2.24) is 0 Å². The Kier molecular flexibility index (Phi) is 5.94. The lowest BCUT2D eigenvalue weighted by molar-refractivity contribution is 0.393. The van der Waals surface area contributed by atoms with Crippen LogP contribution in [0, 0.1) is 22.7 Å². The van der Waals surface area contributed by atoms with Gasteiger partial charge in [0.05, 0.1) is 26.1 Å². The molecule has 0 saturated heterocycles. The lowest BCUT2D eigenvalue weighted by Gasteiger charge is -2.30. The minimum absolute atomic E-state index is 0.0456. The Morgan fingerprint density at radius 3 is 1.30 bits per heavy atom. The number of hydrogen-bond acceptors (Lipinski definition) is 8. The van der Waals surface area contributed by atoms with Gasteiger partial charge in [0.2, 0.25) is 11.8 Å². The molecule has 196 valence electrons. The van der Waals surface area contributed by atoms with Gasteiger partial charge in [-0.25, -0.2) is 0 Å². The van der Waals surface area contributed by atoms with Gasteiger partial charge in [0.1, 0.15) is 46.3 Å². The number of ether oxygens (including phenoxy) is 4. The molecule has 0 aromatic heterocycles. The van der Waals surface area contributed by atoms with Gasteiger partial charge in [-0.2, -0.15) is 10.5 Å². The number of nitrogens with zero attached hydrogens (tertiary/aromatic N) is 2. The highest BCUT2D eigenvalue weighted by atomic mass is 16.5. The standard InChI is InChI=1S/C32H24N4O4/c1-37-19-7-3-17(4-8-19)27-23-13-11-22-21(29(23)39-31(35)25(27)15-33)12-14-24-28(18-5-9-20(38-2)10-6-18)26(16-34)32(36)40-30(22)24/h3-14,27-28H,35-36H2,1-2H3. The zero-order chi connectivity index (χ0) is 28.0. The summed E-state index contributed by atoms with van der Waals surface area (Å²) in [5, 5.41) is 21.4. The summed E-state index contributed by atoms with van der Waals surface area (Å²) in [6.07, 6.45) is 0. The van der Waals surface area contributed by atoms with Crippen molar-refractivity contribution in [1.29, 1.82) is 10.5 Å². The molecule has 6 rings (SSSR count). The maximum atomic E-state index is 9.97. The zero-order valence-electron chi connectivity index (χ0n) is 21.8. The number of nitrogens with two attached hydrogens (primary N) is 2. The Morgan fingerprint density at radius 1 is 0.600 bits per heavy atom. The number of hydrogen-bond donors (Lipinski definition) is 2. The first-order valence-electron chi connectivity index (χ1n) is 12.5. The normalized spacial score (nSPS) is 17.6. The van der Waals surface area contributed by atoms with E-state index in [0.29, 0.717) is 34.1 Å². The predicted octanol–water partition coefficient (Wildman–Crippen LogP) is 5.29. The van der Waals surface area contributed by atoms with Crippen LogP contribution in [0.3, 0.4) is 0 Å². The molecule has 2 aliphatic heterocycles. The first-order chi connectivity index (χ1) is 19.5. The summed E-state index contributed by atoms with van der Waals surface area (Å²) in [5.41, 5.74) is 16.6. The number of fused-ring (bicyclic) bond motifs is 5. The Bertz CT molecular complexity index is 1680. The Balaban J connectivity index is 1.54. The molecule has 40 heavy (non-hydrogen) atoms. The van der Waals surface area contributed by atoms with Crippen LogP contribution in [0.25, 0.3) is 10.8 Å². The highest BCUT2D eigenvalue weighted by molar-refractivity contribution is 5.97. The predicted molar refractivity (Wildman–Crippen MR) is 149 cm³/mol. The highest BCUT2D eigenvalue weighted by Crippen LogP contribution is 2.51. The van der Waals surface area contributed by atoms with Crippen molar-refractivity contribution in [2.75, 3.05) is 14.2 Å². The van der Waals surface area contributed by atoms with Crippen molar-refractivity contribution >= 4 is 10.8 Å². The second-order valence-electron chi connectivity index (χ2n) is 9.46. The number of methoxy groups -OCH3 is 2. The highest BCUT2D eigenvalue weighted by Gasteiger charge is 2.35. The summed E-state index contributed by atoms with van der Waals surface area (Å²) in [6, 6.07) is 27.2. The van der Waals surface area contributed by atoms with Crippen LogP contribution in [0.1, 0.15) is 34.1 Å². The fourth-order valence-corrected chi connectivity index (χ4v) is 5.52. The van der Waals surface area contributed by atoms with Crippen LogP contribution in [0.2, 0.25) is 0 Å². The second kappa shape index (κ2) is 9.61. The number of rotatable bonds is 4. The molecular formula is C32H24N4O4. The van der Waals surface area contributed by atoms with E-state index in [1.807, 2.05) is 72.8 Å². The van der Waals surface area contributed by atoms with E-state index in [-0.39, 0.29) is 11.8 Å². The molecule has 4 aromatic rings. The van der Waals surface area contributed by atoms with Crippen molar-refractivity contribution in [3.05, 3.63) is 118 Å². The Hall–Kier alpha value is -5.60. The first-order valence-corrected chi connectivity index (χ1v) is 12.5. The third-order valence-electron chi connectivity index (χ3n) is 7.46. The molecule has 0 amide bonds. The molecule has 8 nitrogen and oxygen atoms in total. The van der Waals surface area contributed by atoms with Crippen LogP contribution in [0.4, 0.5) is 0 Å². The molecule has 2 heterocycles. The summed E-state index contributed by atoms with van der Waals surface area (Å²) < 4.78 is 22.8. The lowest BCUT2D eigenvalue weighted by atomic mass is 9.80. The van der Waals surface area contributed by atoms with Crippen LogP contribution < -0.4 is 30.4 Å². The summed E-state index contributed by atoms with van der Waals surface area (Å²) in [7, 11) is 3.21. The number of nitriles is 2. The number of benzene rings is 4. The van der Waals surface area contributed by atoms with Gasteiger partial charge in [-0.1, -0.05) is 48.5 Å². The molecule has 2 aliphatic rings. The molecular weight excluding hydrogens is 504 g/mol. The van der Waals surface area contributed by atoms with E-state index >= 15 is 0 Å². The van der Waals surface area contributed by atoms with Crippen molar-refractivity contribution in [3.63, 3.8) is 0 Å². The first kappa shape index (κ1) is 24.7. The van der Waals surface area contributed by atoms with E-state index in [9.17, 15) is 10.5 Å². The van der Waals surface area contributed by atoms with Gasteiger partial charge in [0.15, 0.2) is 0 Å². The van der Waals surface area contributed by atoms with Crippen LogP contribution >= 0.6 is 0 Å². The average Bonchev–Trinajstić information content (AvgIpc) is 2.99.